The molecule has 4 aromatic rings. The highest BCUT2D eigenvalue weighted by atomic mass is 35.5. The fourth-order valence-electron chi connectivity index (χ4n) is 4.44. The number of rotatable bonds is 11. The highest BCUT2D eigenvalue weighted by molar-refractivity contribution is 7.92. The molecule has 0 aliphatic rings. The Balaban J connectivity index is 1.80. The van der Waals surface area contributed by atoms with Crippen molar-refractivity contribution >= 4 is 62.3 Å². The van der Waals surface area contributed by atoms with E-state index >= 15 is 0 Å². The van der Waals surface area contributed by atoms with Gasteiger partial charge in [0.2, 0.25) is 11.8 Å². The van der Waals surface area contributed by atoms with Gasteiger partial charge >= 0.3 is 0 Å². The Labute approximate surface area is 260 Å². The molecule has 1 atom stereocenters. The van der Waals surface area contributed by atoms with Crippen molar-refractivity contribution in [3.05, 3.63) is 129 Å². The van der Waals surface area contributed by atoms with Crippen molar-refractivity contribution < 1.29 is 18.0 Å². The van der Waals surface area contributed by atoms with E-state index in [0.29, 0.717) is 10.6 Å². The van der Waals surface area contributed by atoms with Crippen molar-refractivity contribution in [1.29, 1.82) is 0 Å². The van der Waals surface area contributed by atoms with Crippen LogP contribution in [0, 0.1) is 0 Å². The molecule has 0 radical (unpaired) electrons. The van der Waals surface area contributed by atoms with Gasteiger partial charge < -0.3 is 10.2 Å². The molecule has 0 saturated heterocycles. The van der Waals surface area contributed by atoms with Crippen molar-refractivity contribution in [2.75, 3.05) is 17.9 Å². The second-order valence-corrected chi connectivity index (χ2v) is 12.6. The summed E-state index contributed by atoms with van der Waals surface area (Å²) in [5.74, 6) is -1.01. The highest BCUT2D eigenvalue weighted by Crippen LogP contribution is 2.30. The third-order valence-corrected chi connectivity index (χ3v) is 9.01. The molecule has 42 heavy (non-hydrogen) atoms. The van der Waals surface area contributed by atoms with Crippen molar-refractivity contribution in [3.8, 4) is 0 Å². The molecule has 218 valence electrons. The third-order valence-electron chi connectivity index (χ3n) is 6.53. The largest absolute Gasteiger partial charge is 0.357 e. The molecule has 1 N–H and O–H groups in total. The van der Waals surface area contributed by atoms with Crippen LogP contribution in [0.15, 0.2) is 108 Å². The van der Waals surface area contributed by atoms with Crippen LogP contribution in [-0.4, -0.2) is 44.8 Å². The fraction of sp³-hybridized carbons (Fsp3) is 0.161. The summed E-state index contributed by atoms with van der Waals surface area (Å²) >= 11 is 18.6. The lowest BCUT2D eigenvalue weighted by Gasteiger charge is -2.33. The van der Waals surface area contributed by atoms with Gasteiger partial charge in [-0.05, 0) is 53.6 Å². The van der Waals surface area contributed by atoms with E-state index < -0.39 is 34.4 Å². The average Bonchev–Trinajstić information content (AvgIpc) is 2.98. The molecule has 0 aliphatic carbocycles. The maximum absolute atomic E-state index is 14.2. The summed E-state index contributed by atoms with van der Waals surface area (Å²) in [6, 6.07) is 27.3. The van der Waals surface area contributed by atoms with Crippen LogP contribution in [0.5, 0.6) is 0 Å². The topological polar surface area (TPSA) is 86.8 Å². The van der Waals surface area contributed by atoms with E-state index in [1.165, 1.54) is 42.3 Å². The van der Waals surface area contributed by atoms with Crippen molar-refractivity contribution in [2.45, 2.75) is 23.9 Å². The van der Waals surface area contributed by atoms with Gasteiger partial charge in [0.05, 0.1) is 10.6 Å². The van der Waals surface area contributed by atoms with Gasteiger partial charge in [-0.2, -0.15) is 0 Å². The Hall–Kier alpha value is -3.56. The van der Waals surface area contributed by atoms with Gasteiger partial charge in [-0.1, -0.05) is 95.5 Å². The number of sulfonamides is 1. The van der Waals surface area contributed by atoms with Gasteiger partial charge in [0, 0.05) is 35.1 Å². The van der Waals surface area contributed by atoms with Gasteiger partial charge in [0.25, 0.3) is 10.0 Å². The Bertz CT molecular complexity index is 1620. The molecule has 7 nitrogen and oxygen atoms in total. The third kappa shape index (κ3) is 7.83. The Morgan fingerprint density at radius 2 is 1.33 bits per heavy atom. The minimum Gasteiger partial charge on any atom is -0.357 e. The number of nitrogens with one attached hydrogen (secondary N) is 1. The quantitative estimate of drug-likeness (QED) is 0.210. The molecule has 0 aliphatic heterocycles. The summed E-state index contributed by atoms with van der Waals surface area (Å²) in [5.41, 5.74) is 1.64. The van der Waals surface area contributed by atoms with Crippen LogP contribution in [0.2, 0.25) is 15.1 Å². The van der Waals surface area contributed by atoms with E-state index in [4.69, 9.17) is 34.8 Å². The second kappa shape index (κ2) is 14.1. The summed E-state index contributed by atoms with van der Waals surface area (Å²) in [4.78, 5) is 28.9. The first-order valence-electron chi connectivity index (χ1n) is 12.9. The van der Waals surface area contributed by atoms with Crippen LogP contribution in [0.4, 0.5) is 5.69 Å². The van der Waals surface area contributed by atoms with Crippen LogP contribution in [0.3, 0.4) is 0 Å². The number of likely N-dealkylation sites (N-methyl/N-ethyl adjacent to an activating group) is 1. The molecule has 0 heterocycles. The second-order valence-electron chi connectivity index (χ2n) is 9.42. The molecule has 0 bridgehead atoms. The zero-order valence-corrected chi connectivity index (χ0v) is 25.7. The van der Waals surface area contributed by atoms with Gasteiger partial charge in [-0.25, -0.2) is 8.42 Å². The minimum absolute atomic E-state index is 0.0229. The molecule has 11 heteroatoms. The van der Waals surface area contributed by atoms with Gasteiger partial charge in [0.1, 0.15) is 12.6 Å². The van der Waals surface area contributed by atoms with Gasteiger partial charge in [-0.15, -0.1) is 0 Å². The number of nitrogens with zero attached hydrogens (tertiary/aromatic N) is 2. The number of carbonyl (C=O) groups is 2. The summed E-state index contributed by atoms with van der Waals surface area (Å²) in [6.07, 6.45) is 0.203. The number of anilines is 1. The van der Waals surface area contributed by atoms with E-state index in [9.17, 15) is 18.0 Å². The molecular formula is C31H28Cl3N3O4S. The number of carbonyl (C=O) groups excluding carboxylic acids is 2. The van der Waals surface area contributed by atoms with E-state index in [-0.39, 0.29) is 33.6 Å². The average molecular weight is 645 g/mol. The molecule has 4 aromatic carbocycles. The first kappa shape index (κ1) is 31.4. The summed E-state index contributed by atoms with van der Waals surface area (Å²) < 4.78 is 28.8. The predicted octanol–water partition coefficient (Wildman–Crippen LogP) is 6.23. The van der Waals surface area contributed by atoms with Gasteiger partial charge in [0.15, 0.2) is 0 Å². The van der Waals surface area contributed by atoms with E-state index in [2.05, 4.69) is 5.32 Å². The molecule has 2 amide bonds. The Morgan fingerprint density at radius 1 is 0.762 bits per heavy atom. The molecular weight excluding hydrogens is 617 g/mol. The van der Waals surface area contributed by atoms with Crippen LogP contribution < -0.4 is 9.62 Å². The zero-order chi connectivity index (χ0) is 30.3. The molecule has 0 saturated carbocycles. The Morgan fingerprint density at radius 3 is 1.90 bits per heavy atom. The summed E-state index contributed by atoms with van der Waals surface area (Å²) in [5, 5.41) is 3.56. The van der Waals surface area contributed by atoms with E-state index in [1.54, 1.807) is 42.5 Å². The highest BCUT2D eigenvalue weighted by Gasteiger charge is 2.34. The molecule has 0 unspecified atom stereocenters. The zero-order valence-electron chi connectivity index (χ0n) is 22.6. The van der Waals surface area contributed by atoms with E-state index in [1.807, 2.05) is 30.3 Å². The molecule has 0 fully saturated rings. The predicted molar refractivity (Wildman–Crippen MR) is 167 cm³/mol. The first-order valence-corrected chi connectivity index (χ1v) is 15.5. The lowest BCUT2D eigenvalue weighted by atomic mass is 10.0. The normalized spacial score (nSPS) is 11.9. The lowest BCUT2D eigenvalue weighted by Crippen LogP contribution is -2.53. The van der Waals surface area contributed by atoms with Gasteiger partial charge in [-0.3, -0.25) is 13.9 Å². The minimum atomic E-state index is -4.25. The molecule has 4 rings (SSSR count). The number of benzene rings is 4. The maximum Gasteiger partial charge on any atom is 0.264 e. The lowest BCUT2D eigenvalue weighted by molar-refractivity contribution is -0.139. The monoisotopic (exact) mass is 643 g/mol. The smallest absolute Gasteiger partial charge is 0.264 e. The van der Waals surface area contributed by atoms with Crippen LogP contribution in [-0.2, 0) is 32.6 Å². The SMILES string of the molecule is CNC(=O)[C@@H](Cc1ccccc1)N(Cc1ccc(Cl)cc1)C(=O)CN(c1cc(Cl)cc(Cl)c1)S(=O)(=O)c1ccccc1. The summed E-state index contributed by atoms with van der Waals surface area (Å²) in [7, 11) is -2.76. The number of amides is 2. The fourth-order valence-corrected chi connectivity index (χ4v) is 6.50. The van der Waals surface area contributed by atoms with E-state index in [0.717, 1.165) is 9.87 Å². The van der Waals surface area contributed by atoms with Crippen LogP contribution in [0.1, 0.15) is 11.1 Å². The van der Waals surface area contributed by atoms with Crippen LogP contribution in [0.25, 0.3) is 0 Å². The van der Waals surface area contributed by atoms with Crippen molar-refractivity contribution in [2.24, 2.45) is 0 Å². The Kier molecular flexibility index (Phi) is 10.5. The number of halogens is 3. The standard InChI is InChI=1S/C31H28Cl3N3O4S/c1-35-31(39)29(16-22-8-4-2-5-9-22)36(20-23-12-14-24(32)15-13-23)30(38)21-37(27-18-25(33)17-26(34)19-27)42(40,41)28-10-6-3-7-11-28/h2-15,17-19,29H,16,20-21H2,1H3,(H,35,39)/t29-/m1/s1. The number of hydrogen-bond acceptors (Lipinski definition) is 4. The molecule has 0 spiro atoms. The number of hydrogen-bond donors (Lipinski definition) is 1. The van der Waals surface area contributed by atoms with Crippen LogP contribution >= 0.6 is 34.8 Å². The maximum atomic E-state index is 14.2. The van der Waals surface area contributed by atoms with Crippen molar-refractivity contribution in [3.63, 3.8) is 0 Å². The first-order chi connectivity index (χ1) is 20.1. The molecule has 0 aromatic heterocycles. The van der Waals surface area contributed by atoms with Crippen molar-refractivity contribution in [1.82, 2.24) is 10.2 Å². The summed E-state index contributed by atoms with van der Waals surface area (Å²) in [6.45, 7) is -0.597.